The van der Waals surface area contributed by atoms with Crippen molar-refractivity contribution in [3.63, 3.8) is 0 Å². The monoisotopic (exact) mass is 408 g/mol. The molecule has 0 fully saturated rings. The number of unbranched alkanes of at least 4 members (excludes halogenated alkanes) is 2. The van der Waals surface area contributed by atoms with E-state index >= 15 is 0 Å². The average molecular weight is 409 g/mol. The normalized spacial score (nSPS) is 11.7. The number of ether oxygens (including phenoxy) is 1. The molecule has 0 aromatic heterocycles. The molecule has 2 atom stereocenters. The van der Waals surface area contributed by atoms with Crippen molar-refractivity contribution >= 4 is 23.5 Å². The zero-order valence-corrected chi connectivity index (χ0v) is 20.1. The second kappa shape index (κ2) is 19.4. The summed E-state index contributed by atoms with van der Waals surface area (Å²) < 4.78 is 9.04. The van der Waals surface area contributed by atoms with Crippen LogP contribution in [0.4, 0.5) is 0 Å². The standard InChI is InChI=1S/C20H30O2Si.C2H7OP/c1-19(16-14-18-23(3,4)5)15-12-10-8-6-7-9-11-13-17-20(21)22-2;1-2-3-4/h8,10,12,15,19H,9,11,13,16-17H2,1-5H3;2,4H2,1H3/b10-8+,15-12?;/t19-;/m0./s1. The van der Waals surface area contributed by atoms with Gasteiger partial charge in [0.25, 0.3) is 0 Å². The highest BCUT2D eigenvalue weighted by Gasteiger charge is 2.07. The predicted octanol–water partition coefficient (Wildman–Crippen LogP) is 5.56. The van der Waals surface area contributed by atoms with Crippen molar-refractivity contribution in [3.05, 3.63) is 24.3 Å². The smallest absolute Gasteiger partial charge is 0.305 e. The molecule has 0 heterocycles. The molecule has 3 nitrogen and oxygen atoms in total. The van der Waals surface area contributed by atoms with Crippen LogP contribution in [0.25, 0.3) is 0 Å². The van der Waals surface area contributed by atoms with Crippen LogP contribution in [-0.4, -0.2) is 27.8 Å². The summed E-state index contributed by atoms with van der Waals surface area (Å²) in [6.07, 6.45) is 12.0. The number of allylic oxidation sites excluding steroid dienone is 4. The molecule has 0 N–H and O–H groups in total. The van der Waals surface area contributed by atoms with Crippen LogP contribution < -0.4 is 0 Å². The summed E-state index contributed by atoms with van der Waals surface area (Å²) in [6.45, 7) is 11.7. The Labute approximate surface area is 170 Å². The maximum Gasteiger partial charge on any atom is 0.305 e. The largest absolute Gasteiger partial charge is 0.469 e. The van der Waals surface area contributed by atoms with E-state index in [9.17, 15) is 4.79 Å². The Hall–Kier alpha value is -1.32. The van der Waals surface area contributed by atoms with Gasteiger partial charge in [-0.25, -0.2) is 0 Å². The van der Waals surface area contributed by atoms with Crippen molar-refractivity contribution in [2.24, 2.45) is 5.92 Å². The lowest BCUT2D eigenvalue weighted by Gasteiger charge is -2.04. The van der Waals surface area contributed by atoms with Gasteiger partial charge in [-0.3, -0.25) is 4.79 Å². The van der Waals surface area contributed by atoms with Gasteiger partial charge in [0, 0.05) is 35.3 Å². The molecule has 0 aromatic carbocycles. The highest BCUT2D eigenvalue weighted by atomic mass is 31.0. The van der Waals surface area contributed by atoms with Gasteiger partial charge in [0.2, 0.25) is 0 Å². The molecule has 0 aliphatic heterocycles. The number of esters is 1. The molecular formula is C22H37O3PSi. The van der Waals surface area contributed by atoms with E-state index in [1.165, 1.54) is 7.11 Å². The Balaban J connectivity index is 0. The number of hydrogen-bond donors (Lipinski definition) is 0. The van der Waals surface area contributed by atoms with Crippen molar-refractivity contribution in [2.75, 3.05) is 13.7 Å². The SMILES string of the molecule is CCOP.COC(=O)CCCCC#C/C=C/C=C[C@H](C)CC#C[Si](C)(C)C. The summed E-state index contributed by atoms with van der Waals surface area (Å²) in [6, 6.07) is 0. The van der Waals surface area contributed by atoms with Crippen LogP contribution in [-0.2, 0) is 14.1 Å². The molecule has 0 spiro atoms. The Bertz CT molecular complexity index is 552. The van der Waals surface area contributed by atoms with Crippen LogP contribution in [0.15, 0.2) is 24.3 Å². The molecule has 1 unspecified atom stereocenters. The van der Waals surface area contributed by atoms with E-state index in [0.717, 1.165) is 32.3 Å². The molecule has 5 heteroatoms. The summed E-state index contributed by atoms with van der Waals surface area (Å²) in [5.74, 6) is 9.69. The highest BCUT2D eigenvalue weighted by Crippen LogP contribution is 2.04. The predicted molar refractivity (Wildman–Crippen MR) is 123 cm³/mol. The van der Waals surface area contributed by atoms with Crippen LogP contribution >= 0.6 is 9.47 Å². The first kappa shape index (κ1) is 27.9. The van der Waals surface area contributed by atoms with Crippen molar-refractivity contribution in [3.8, 4) is 23.3 Å². The molecule has 152 valence electrons. The summed E-state index contributed by atoms with van der Waals surface area (Å²) in [4.78, 5) is 10.9. The van der Waals surface area contributed by atoms with Crippen LogP contribution in [0.2, 0.25) is 19.6 Å². The summed E-state index contributed by atoms with van der Waals surface area (Å²) in [5.41, 5.74) is 3.38. The first-order valence-electron chi connectivity index (χ1n) is 9.47. The number of carbonyl (C=O) groups excluding carboxylic acids is 1. The van der Waals surface area contributed by atoms with Gasteiger partial charge in [0.05, 0.1) is 7.11 Å². The molecule has 0 aliphatic rings. The van der Waals surface area contributed by atoms with Gasteiger partial charge in [-0.15, -0.1) is 11.5 Å². The number of carbonyl (C=O) groups is 1. The molecular weight excluding hydrogens is 371 g/mol. The minimum absolute atomic E-state index is 0.147. The minimum atomic E-state index is -1.24. The zero-order valence-electron chi connectivity index (χ0n) is 17.9. The Morgan fingerprint density at radius 2 is 1.85 bits per heavy atom. The molecule has 0 saturated carbocycles. The Morgan fingerprint density at radius 1 is 1.19 bits per heavy atom. The Kier molecular flexibility index (Phi) is 20.1. The number of rotatable bonds is 8. The number of hydrogen-bond acceptors (Lipinski definition) is 3. The van der Waals surface area contributed by atoms with Crippen molar-refractivity contribution in [1.82, 2.24) is 0 Å². The summed E-state index contributed by atoms with van der Waals surface area (Å²) in [7, 11) is 2.33. The van der Waals surface area contributed by atoms with Gasteiger partial charge >= 0.3 is 5.97 Å². The fraction of sp³-hybridized carbons (Fsp3) is 0.591. The fourth-order valence-corrected chi connectivity index (χ4v) is 2.25. The minimum Gasteiger partial charge on any atom is -0.469 e. The first-order valence-corrected chi connectivity index (χ1v) is 13.4. The maximum absolute atomic E-state index is 10.9. The second-order valence-electron chi connectivity index (χ2n) is 7.04. The van der Waals surface area contributed by atoms with Gasteiger partial charge < -0.3 is 9.26 Å². The van der Waals surface area contributed by atoms with E-state index < -0.39 is 8.07 Å². The van der Waals surface area contributed by atoms with Gasteiger partial charge in [-0.2, -0.15) is 0 Å². The zero-order chi connectivity index (χ0) is 21.0. The molecule has 0 rings (SSSR count). The van der Waals surface area contributed by atoms with E-state index in [0.29, 0.717) is 12.3 Å². The third-order valence-corrected chi connectivity index (χ3v) is 4.31. The highest BCUT2D eigenvalue weighted by molar-refractivity contribution is 7.09. The van der Waals surface area contributed by atoms with Gasteiger partial charge in [0.1, 0.15) is 8.07 Å². The lowest BCUT2D eigenvalue weighted by molar-refractivity contribution is -0.140. The molecule has 0 aromatic rings. The molecule has 0 bridgehead atoms. The molecule has 0 radical (unpaired) electrons. The molecule has 0 aliphatic carbocycles. The maximum atomic E-state index is 10.9. The van der Waals surface area contributed by atoms with E-state index in [1.807, 2.05) is 25.2 Å². The quantitative estimate of drug-likeness (QED) is 0.132. The van der Waals surface area contributed by atoms with E-state index in [-0.39, 0.29) is 5.97 Å². The third kappa shape index (κ3) is 27.0. The molecule has 27 heavy (non-hydrogen) atoms. The van der Waals surface area contributed by atoms with E-state index in [2.05, 4.69) is 74.7 Å². The van der Waals surface area contributed by atoms with Gasteiger partial charge in [-0.05, 0) is 31.8 Å². The van der Waals surface area contributed by atoms with Gasteiger partial charge in [-0.1, -0.05) is 56.6 Å². The third-order valence-electron chi connectivity index (χ3n) is 3.05. The van der Waals surface area contributed by atoms with E-state index in [4.69, 9.17) is 0 Å². The lowest BCUT2D eigenvalue weighted by Crippen LogP contribution is -2.16. The summed E-state index contributed by atoms with van der Waals surface area (Å²) in [5, 5.41) is 0. The van der Waals surface area contributed by atoms with Crippen LogP contribution in [0.3, 0.4) is 0 Å². The molecule has 0 saturated heterocycles. The lowest BCUT2D eigenvalue weighted by atomic mass is 10.1. The topological polar surface area (TPSA) is 35.5 Å². The average Bonchev–Trinajstić information content (AvgIpc) is 2.62. The van der Waals surface area contributed by atoms with Crippen LogP contribution in [0, 0.1) is 29.2 Å². The van der Waals surface area contributed by atoms with Crippen molar-refractivity contribution in [1.29, 1.82) is 0 Å². The van der Waals surface area contributed by atoms with Crippen molar-refractivity contribution < 1.29 is 14.1 Å². The van der Waals surface area contributed by atoms with E-state index in [1.54, 1.807) is 0 Å². The second-order valence-corrected chi connectivity index (χ2v) is 12.1. The Morgan fingerprint density at radius 3 is 2.41 bits per heavy atom. The fourth-order valence-electron chi connectivity index (χ4n) is 1.62. The first-order chi connectivity index (χ1) is 12.8. The van der Waals surface area contributed by atoms with Gasteiger partial charge in [0.15, 0.2) is 0 Å². The number of methoxy groups -OCH3 is 1. The van der Waals surface area contributed by atoms with Crippen molar-refractivity contribution in [2.45, 2.75) is 65.6 Å². The summed E-state index contributed by atoms with van der Waals surface area (Å²) >= 11 is 0. The van der Waals surface area contributed by atoms with Crippen LogP contribution in [0.1, 0.15) is 46.0 Å². The van der Waals surface area contributed by atoms with Crippen LogP contribution in [0.5, 0.6) is 0 Å². The molecule has 0 amide bonds.